The molecular formula is C14H20ClFN2O. The fourth-order valence-corrected chi connectivity index (χ4v) is 2.07. The zero-order chi connectivity index (χ0) is 14.3. The van der Waals surface area contributed by atoms with Gasteiger partial charge in [0.15, 0.2) is 0 Å². The van der Waals surface area contributed by atoms with E-state index in [1.54, 1.807) is 17.0 Å². The van der Waals surface area contributed by atoms with Crippen LogP contribution in [-0.2, 0) is 11.3 Å². The van der Waals surface area contributed by atoms with Crippen LogP contribution in [-0.4, -0.2) is 30.4 Å². The average Bonchev–Trinajstić information content (AvgIpc) is 2.38. The van der Waals surface area contributed by atoms with Crippen molar-refractivity contribution in [1.29, 1.82) is 0 Å². The van der Waals surface area contributed by atoms with Gasteiger partial charge in [0, 0.05) is 43.2 Å². The fraction of sp³-hybridized carbons (Fsp3) is 0.500. The Hall–Kier alpha value is -1.13. The van der Waals surface area contributed by atoms with E-state index in [9.17, 15) is 9.18 Å². The first-order valence-corrected chi connectivity index (χ1v) is 6.89. The zero-order valence-electron chi connectivity index (χ0n) is 11.4. The molecule has 0 saturated heterocycles. The molecule has 0 aliphatic heterocycles. The molecule has 19 heavy (non-hydrogen) atoms. The van der Waals surface area contributed by atoms with Crippen LogP contribution in [0.3, 0.4) is 0 Å². The van der Waals surface area contributed by atoms with Gasteiger partial charge >= 0.3 is 0 Å². The normalized spacial score (nSPS) is 10.5. The number of benzene rings is 1. The van der Waals surface area contributed by atoms with Crippen LogP contribution in [0.2, 0.25) is 5.02 Å². The Labute approximate surface area is 118 Å². The van der Waals surface area contributed by atoms with Crippen molar-refractivity contribution >= 4 is 17.5 Å². The predicted molar refractivity (Wildman–Crippen MR) is 75.7 cm³/mol. The SMILES string of the molecule is CCN(CC)C(=O)CCNCc1c(F)cccc1Cl. The van der Waals surface area contributed by atoms with Crippen molar-refractivity contribution in [3.8, 4) is 0 Å². The van der Waals surface area contributed by atoms with Crippen LogP contribution in [0, 0.1) is 5.82 Å². The van der Waals surface area contributed by atoms with E-state index < -0.39 is 0 Å². The summed E-state index contributed by atoms with van der Waals surface area (Å²) in [7, 11) is 0. The average molecular weight is 287 g/mol. The lowest BCUT2D eigenvalue weighted by atomic mass is 10.2. The zero-order valence-corrected chi connectivity index (χ0v) is 12.1. The second-order valence-electron chi connectivity index (χ2n) is 4.19. The van der Waals surface area contributed by atoms with Gasteiger partial charge in [0.1, 0.15) is 5.82 Å². The van der Waals surface area contributed by atoms with E-state index >= 15 is 0 Å². The van der Waals surface area contributed by atoms with E-state index in [0.717, 1.165) is 0 Å². The van der Waals surface area contributed by atoms with Gasteiger partial charge in [-0.15, -0.1) is 0 Å². The summed E-state index contributed by atoms with van der Waals surface area (Å²) in [6.07, 6.45) is 0.410. The first-order valence-electron chi connectivity index (χ1n) is 6.51. The summed E-state index contributed by atoms with van der Waals surface area (Å²) in [5.41, 5.74) is 0.444. The van der Waals surface area contributed by atoms with Crippen LogP contribution in [0.5, 0.6) is 0 Å². The van der Waals surface area contributed by atoms with Crippen molar-refractivity contribution in [3.63, 3.8) is 0 Å². The van der Waals surface area contributed by atoms with Gasteiger partial charge in [-0.1, -0.05) is 17.7 Å². The molecule has 5 heteroatoms. The van der Waals surface area contributed by atoms with Gasteiger partial charge in [0.25, 0.3) is 0 Å². The molecule has 0 aromatic heterocycles. The maximum absolute atomic E-state index is 13.5. The Morgan fingerprint density at radius 3 is 2.63 bits per heavy atom. The molecule has 0 aliphatic rings. The topological polar surface area (TPSA) is 32.3 Å². The van der Waals surface area contributed by atoms with Gasteiger partial charge < -0.3 is 10.2 Å². The summed E-state index contributed by atoms with van der Waals surface area (Å²) in [6.45, 7) is 6.18. The van der Waals surface area contributed by atoms with Crippen molar-refractivity contribution in [1.82, 2.24) is 10.2 Å². The summed E-state index contributed by atoms with van der Waals surface area (Å²) < 4.78 is 13.5. The summed E-state index contributed by atoms with van der Waals surface area (Å²) in [5, 5.41) is 3.45. The lowest BCUT2D eigenvalue weighted by Crippen LogP contribution is -2.32. The lowest BCUT2D eigenvalue weighted by Gasteiger charge is -2.18. The van der Waals surface area contributed by atoms with E-state index in [0.29, 0.717) is 43.2 Å². The third-order valence-corrected chi connectivity index (χ3v) is 3.35. The van der Waals surface area contributed by atoms with E-state index in [-0.39, 0.29) is 11.7 Å². The van der Waals surface area contributed by atoms with Crippen molar-refractivity contribution in [3.05, 3.63) is 34.6 Å². The van der Waals surface area contributed by atoms with Crippen LogP contribution < -0.4 is 5.32 Å². The largest absolute Gasteiger partial charge is 0.343 e. The third kappa shape index (κ3) is 4.80. The second-order valence-corrected chi connectivity index (χ2v) is 4.60. The van der Waals surface area contributed by atoms with Crippen LogP contribution in [0.25, 0.3) is 0 Å². The second kappa shape index (κ2) is 8.12. The van der Waals surface area contributed by atoms with Gasteiger partial charge in [0.2, 0.25) is 5.91 Å². The van der Waals surface area contributed by atoms with Gasteiger partial charge in [-0.2, -0.15) is 0 Å². The highest BCUT2D eigenvalue weighted by Gasteiger charge is 2.09. The molecule has 106 valence electrons. The van der Waals surface area contributed by atoms with Crippen molar-refractivity contribution in [2.75, 3.05) is 19.6 Å². The molecule has 0 aliphatic carbocycles. The summed E-state index contributed by atoms with van der Waals surface area (Å²) in [4.78, 5) is 13.5. The molecule has 0 bridgehead atoms. The predicted octanol–water partition coefficient (Wildman–Crippen LogP) is 2.83. The highest BCUT2D eigenvalue weighted by atomic mass is 35.5. The third-order valence-electron chi connectivity index (χ3n) is 3.00. The molecule has 0 saturated carbocycles. The highest BCUT2D eigenvalue weighted by Crippen LogP contribution is 2.18. The minimum Gasteiger partial charge on any atom is -0.343 e. The number of nitrogens with one attached hydrogen (secondary N) is 1. The first-order chi connectivity index (χ1) is 9.10. The molecule has 3 nitrogen and oxygen atoms in total. The van der Waals surface area contributed by atoms with E-state index in [1.165, 1.54) is 6.07 Å². The van der Waals surface area contributed by atoms with Crippen molar-refractivity contribution in [2.24, 2.45) is 0 Å². The number of carbonyl (C=O) groups excluding carboxylic acids is 1. The maximum Gasteiger partial charge on any atom is 0.223 e. The molecule has 0 fully saturated rings. The first kappa shape index (κ1) is 15.9. The lowest BCUT2D eigenvalue weighted by molar-refractivity contribution is -0.130. The Morgan fingerprint density at radius 2 is 2.05 bits per heavy atom. The highest BCUT2D eigenvalue weighted by molar-refractivity contribution is 6.31. The van der Waals surface area contributed by atoms with E-state index in [1.807, 2.05) is 13.8 Å². The maximum atomic E-state index is 13.5. The summed E-state index contributed by atoms with van der Waals surface area (Å²) in [6, 6.07) is 4.61. The quantitative estimate of drug-likeness (QED) is 0.782. The summed E-state index contributed by atoms with van der Waals surface area (Å²) in [5.74, 6) is -0.216. The molecule has 1 aromatic carbocycles. The molecular weight excluding hydrogens is 267 g/mol. The van der Waals surface area contributed by atoms with E-state index in [4.69, 9.17) is 11.6 Å². The Bertz CT molecular complexity index is 402. The van der Waals surface area contributed by atoms with Gasteiger partial charge in [-0.05, 0) is 26.0 Å². The molecule has 0 radical (unpaired) electrons. The Morgan fingerprint density at radius 1 is 1.37 bits per heavy atom. The number of rotatable bonds is 7. The molecule has 1 rings (SSSR count). The van der Waals surface area contributed by atoms with Crippen molar-refractivity contribution in [2.45, 2.75) is 26.8 Å². The molecule has 1 N–H and O–H groups in total. The van der Waals surface area contributed by atoms with Crippen LogP contribution in [0.15, 0.2) is 18.2 Å². The molecule has 0 spiro atoms. The number of carbonyl (C=O) groups is 1. The molecule has 0 atom stereocenters. The minimum atomic E-state index is -0.324. The number of hydrogen-bond donors (Lipinski definition) is 1. The van der Waals surface area contributed by atoms with Crippen LogP contribution >= 0.6 is 11.6 Å². The number of hydrogen-bond acceptors (Lipinski definition) is 2. The number of nitrogens with zero attached hydrogens (tertiary/aromatic N) is 1. The van der Waals surface area contributed by atoms with Gasteiger partial charge in [-0.3, -0.25) is 4.79 Å². The Balaban J connectivity index is 2.37. The smallest absolute Gasteiger partial charge is 0.223 e. The van der Waals surface area contributed by atoms with Gasteiger partial charge in [0.05, 0.1) is 0 Å². The van der Waals surface area contributed by atoms with Crippen LogP contribution in [0.1, 0.15) is 25.8 Å². The van der Waals surface area contributed by atoms with Gasteiger partial charge in [-0.25, -0.2) is 4.39 Å². The standard InChI is InChI=1S/C14H20ClFN2O/c1-3-18(4-2)14(19)8-9-17-10-11-12(15)6-5-7-13(11)16/h5-7,17H,3-4,8-10H2,1-2H3. The number of halogens is 2. The Kier molecular flexibility index (Phi) is 6.81. The van der Waals surface area contributed by atoms with Crippen LogP contribution in [0.4, 0.5) is 4.39 Å². The molecule has 0 unspecified atom stereocenters. The fourth-order valence-electron chi connectivity index (χ4n) is 1.84. The molecule has 1 aromatic rings. The van der Waals surface area contributed by atoms with E-state index in [2.05, 4.69) is 5.32 Å². The molecule has 0 heterocycles. The minimum absolute atomic E-state index is 0.108. The monoisotopic (exact) mass is 286 g/mol. The summed E-state index contributed by atoms with van der Waals surface area (Å²) >= 11 is 5.91. The number of amides is 1. The van der Waals surface area contributed by atoms with Crippen molar-refractivity contribution < 1.29 is 9.18 Å². The molecule has 1 amide bonds.